The van der Waals surface area contributed by atoms with Crippen molar-refractivity contribution in [3.05, 3.63) is 30.1 Å². The minimum absolute atomic E-state index is 0.234. The predicted molar refractivity (Wildman–Crippen MR) is 65.5 cm³/mol. The van der Waals surface area contributed by atoms with E-state index in [9.17, 15) is 9.59 Å². The quantitative estimate of drug-likeness (QED) is 0.748. The van der Waals surface area contributed by atoms with E-state index < -0.39 is 11.6 Å². The third kappa shape index (κ3) is 1.74. The first kappa shape index (κ1) is 12.5. The maximum absolute atomic E-state index is 12.4. The number of hydrogen-bond acceptors (Lipinski definition) is 4. The maximum Gasteiger partial charge on any atom is 0.325 e. The summed E-state index contributed by atoms with van der Waals surface area (Å²) in [4.78, 5) is 29.6. The minimum Gasteiger partial charge on any atom is -0.328 e. The van der Waals surface area contributed by atoms with Crippen molar-refractivity contribution in [2.75, 3.05) is 6.54 Å². The van der Waals surface area contributed by atoms with Gasteiger partial charge in [0.15, 0.2) is 5.54 Å². The molecule has 0 radical (unpaired) electrons. The number of carbonyl (C=O) groups is 2. The second-order valence-electron chi connectivity index (χ2n) is 4.53. The molecule has 0 bridgehead atoms. The number of nitrogens with two attached hydrogens (primary N) is 1. The van der Waals surface area contributed by atoms with Crippen molar-refractivity contribution in [3.8, 4) is 0 Å². The van der Waals surface area contributed by atoms with Crippen LogP contribution in [0.3, 0.4) is 0 Å². The van der Waals surface area contributed by atoms with E-state index in [4.69, 9.17) is 5.73 Å². The summed E-state index contributed by atoms with van der Waals surface area (Å²) in [7, 11) is 0. The Morgan fingerprint density at radius 2 is 2.22 bits per heavy atom. The van der Waals surface area contributed by atoms with E-state index in [1.807, 2.05) is 0 Å². The summed E-state index contributed by atoms with van der Waals surface area (Å²) >= 11 is 0. The van der Waals surface area contributed by atoms with Crippen molar-refractivity contribution in [2.24, 2.45) is 5.73 Å². The molecule has 2 rings (SSSR count). The van der Waals surface area contributed by atoms with Gasteiger partial charge in [0.05, 0.1) is 11.7 Å². The van der Waals surface area contributed by atoms with E-state index in [0.29, 0.717) is 5.69 Å². The summed E-state index contributed by atoms with van der Waals surface area (Å²) in [6.07, 6.45) is 1.59. The van der Waals surface area contributed by atoms with E-state index in [0.717, 1.165) is 4.90 Å². The van der Waals surface area contributed by atoms with Crippen LogP contribution < -0.4 is 11.1 Å². The molecule has 2 unspecified atom stereocenters. The molecule has 2 heterocycles. The lowest BCUT2D eigenvalue weighted by molar-refractivity contribution is -0.132. The number of carbonyl (C=O) groups excluding carboxylic acids is 2. The number of hydrogen-bond donors (Lipinski definition) is 2. The van der Waals surface area contributed by atoms with E-state index in [1.165, 1.54) is 0 Å². The van der Waals surface area contributed by atoms with Gasteiger partial charge in [-0.2, -0.15) is 0 Å². The summed E-state index contributed by atoms with van der Waals surface area (Å²) in [5.74, 6) is -0.316. The van der Waals surface area contributed by atoms with E-state index in [2.05, 4.69) is 10.3 Å². The summed E-state index contributed by atoms with van der Waals surface area (Å²) in [5, 5.41) is 2.68. The number of imide groups is 1. The van der Waals surface area contributed by atoms with E-state index >= 15 is 0 Å². The van der Waals surface area contributed by atoms with Gasteiger partial charge in [0, 0.05) is 12.7 Å². The fraction of sp³-hybridized carbons (Fsp3) is 0.417. The monoisotopic (exact) mass is 248 g/mol. The maximum atomic E-state index is 12.4. The summed E-state index contributed by atoms with van der Waals surface area (Å²) in [5.41, 5.74) is 4.93. The molecule has 3 N–H and O–H groups in total. The zero-order valence-corrected chi connectivity index (χ0v) is 10.4. The molecule has 1 fully saturated rings. The molecular formula is C12H16N4O2. The minimum atomic E-state index is -1.11. The molecule has 1 aromatic rings. The highest BCUT2D eigenvalue weighted by molar-refractivity contribution is 6.07. The number of pyridine rings is 1. The van der Waals surface area contributed by atoms with Crippen LogP contribution in [0.25, 0.3) is 0 Å². The predicted octanol–water partition coefficient (Wildman–Crippen LogP) is 0.196. The molecule has 6 nitrogen and oxygen atoms in total. The molecular weight excluding hydrogens is 232 g/mol. The Kier molecular flexibility index (Phi) is 3.04. The third-order valence-corrected chi connectivity index (χ3v) is 3.18. The second-order valence-corrected chi connectivity index (χ2v) is 4.53. The lowest BCUT2D eigenvalue weighted by atomic mass is 9.97. The molecule has 0 aliphatic carbocycles. The van der Waals surface area contributed by atoms with Gasteiger partial charge in [-0.05, 0) is 26.0 Å². The summed E-state index contributed by atoms with van der Waals surface area (Å²) in [6, 6.07) is 4.50. The Morgan fingerprint density at radius 3 is 2.78 bits per heavy atom. The molecule has 18 heavy (non-hydrogen) atoms. The standard InChI is InChI=1S/C12H16N4O2/c1-8(7-13)16-10(17)12(2,15-11(16)18)9-5-3-4-6-14-9/h3-6,8H,7,13H2,1-2H3,(H,15,18). The molecule has 96 valence electrons. The average molecular weight is 248 g/mol. The first-order valence-electron chi connectivity index (χ1n) is 5.78. The fourth-order valence-corrected chi connectivity index (χ4v) is 2.00. The Hall–Kier alpha value is -1.95. The van der Waals surface area contributed by atoms with Gasteiger partial charge in [-0.1, -0.05) is 6.07 Å². The highest BCUT2D eigenvalue weighted by Crippen LogP contribution is 2.28. The lowest BCUT2D eigenvalue weighted by Gasteiger charge is -2.23. The van der Waals surface area contributed by atoms with Crippen LogP contribution in [0, 0.1) is 0 Å². The fourth-order valence-electron chi connectivity index (χ4n) is 2.00. The third-order valence-electron chi connectivity index (χ3n) is 3.18. The van der Waals surface area contributed by atoms with Crippen LogP contribution in [-0.4, -0.2) is 34.4 Å². The van der Waals surface area contributed by atoms with Crippen molar-refractivity contribution >= 4 is 11.9 Å². The first-order valence-corrected chi connectivity index (χ1v) is 5.78. The zero-order chi connectivity index (χ0) is 13.3. The van der Waals surface area contributed by atoms with Crippen molar-refractivity contribution in [1.29, 1.82) is 0 Å². The summed E-state index contributed by atoms with van der Waals surface area (Å²) < 4.78 is 0. The molecule has 0 saturated carbocycles. The Bertz CT molecular complexity index is 476. The SMILES string of the molecule is CC(CN)N1C(=O)NC(C)(c2ccccn2)C1=O. The molecule has 1 saturated heterocycles. The van der Waals surface area contributed by atoms with Gasteiger partial charge >= 0.3 is 6.03 Å². The molecule has 1 aliphatic rings. The Balaban J connectivity index is 2.38. The van der Waals surface area contributed by atoms with Gasteiger partial charge in [0.2, 0.25) is 0 Å². The molecule has 1 aliphatic heterocycles. The van der Waals surface area contributed by atoms with Gasteiger partial charge in [0.25, 0.3) is 5.91 Å². The number of aromatic nitrogens is 1. The topological polar surface area (TPSA) is 88.3 Å². The zero-order valence-electron chi connectivity index (χ0n) is 10.4. The van der Waals surface area contributed by atoms with E-state index in [-0.39, 0.29) is 18.5 Å². The molecule has 6 heteroatoms. The van der Waals surface area contributed by atoms with Crippen LogP contribution >= 0.6 is 0 Å². The van der Waals surface area contributed by atoms with Crippen LogP contribution in [0.1, 0.15) is 19.5 Å². The van der Waals surface area contributed by atoms with Gasteiger partial charge in [-0.3, -0.25) is 14.7 Å². The summed E-state index contributed by atoms with van der Waals surface area (Å²) in [6.45, 7) is 3.62. The van der Waals surface area contributed by atoms with Gasteiger partial charge in [-0.25, -0.2) is 4.79 Å². The van der Waals surface area contributed by atoms with Crippen LogP contribution in [-0.2, 0) is 10.3 Å². The number of nitrogens with one attached hydrogen (secondary N) is 1. The first-order chi connectivity index (χ1) is 8.50. The van der Waals surface area contributed by atoms with Crippen molar-refractivity contribution < 1.29 is 9.59 Å². The smallest absolute Gasteiger partial charge is 0.325 e. The van der Waals surface area contributed by atoms with Gasteiger partial charge in [-0.15, -0.1) is 0 Å². The van der Waals surface area contributed by atoms with Crippen LogP contribution in [0.4, 0.5) is 4.79 Å². The average Bonchev–Trinajstić information content (AvgIpc) is 2.61. The molecule has 3 amide bonds. The van der Waals surface area contributed by atoms with Crippen molar-refractivity contribution in [1.82, 2.24) is 15.2 Å². The lowest BCUT2D eigenvalue weighted by Crippen LogP contribution is -2.45. The highest BCUT2D eigenvalue weighted by Gasteiger charge is 2.51. The number of amides is 3. The van der Waals surface area contributed by atoms with Crippen molar-refractivity contribution in [3.63, 3.8) is 0 Å². The normalized spacial score (nSPS) is 25.2. The molecule has 1 aromatic heterocycles. The molecule has 0 aromatic carbocycles. The molecule has 0 spiro atoms. The Labute approximate surface area is 105 Å². The molecule has 2 atom stereocenters. The van der Waals surface area contributed by atoms with Crippen LogP contribution in [0.15, 0.2) is 24.4 Å². The highest BCUT2D eigenvalue weighted by atomic mass is 16.2. The van der Waals surface area contributed by atoms with Crippen LogP contribution in [0.5, 0.6) is 0 Å². The Morgan fingerprint density at radius 1 is 1.50 bits per heavy atom. The number of rotatable bonds is 3. The van der Waals surface area contributed by atoms with Gasteiger partial charge < -0.3 is 11.1 Å². The second kappa shape index (κ2) is 4.38. The number of nitrogens with zero attached hydrogens (tertiary/aromatic N) is 2. The van der Waals surface area contributed by atoms with Crippen LogP contribution in [0.2, 0.25) is 0 Å². The van der Waals surface area contributed by atoms with Crippen molar-refractivity contribution in [2.45, 2.75) is 25.4 Å². The largest absolute Gasteiger partial charge is 0.328 e. The van der Waals surface area contributed by atoms with Gasteiger partial charge in [0.1, 0.15) is 0 Å². The van der Waals surface area contributed by atoms with E-state index in [1.54, 1.807) is 38.2 Å². The number of urea groups is 1.